The molecule has 0 saturated carbocycles. The van der Waals surface area contributed by atoms with Crippen LogP contribution in [0.1, 0.15) is 12.6 Å². The van der Waals surface area contributed by atoms with E-state index in [1.807, 2.05) is 4.90 Å². The van der Waals surface area contributed by atoms with E-state index in [1.54, 1.807) is 6.92 Å². The van der Waals surface area contributed by atoms with E-state index in [0.29, 0.717) is 18.2 Å². The van der Waals surface area contributed by atoms with Gasteiger partial charge in [-0.2, -0.15) is 0 Å². The molecule has 0 atom stereocenters. The number of aromatic nitrogens is 2. The zero-order valence-corrected chi connectivity index (χ0v) is 11.9. The van der Waals surface area contributed by atoms with Crippen molar-refractivity contribution in [2.24, 2.45) is 0 Å². The van der Waals surface area contributed by atoms with Crippen molar-refractivity contribution in [2.45, 2.75) is 13.3 Å². The molecule has 1 aliphatic rings. The maximum Gasteiger partial charge on any atom is 0.311 e. The van der Waals surface area contributed by atoms with Crippen molar-refractivity contribution in [3.8, 4) is 0 Å². The predicted octanol–water partition coefficient (Wildman–Crippen LogP) is -0.373. The summed E-state index contributed by atoms with van der Waals surface area (Å²) in [6.45, 7) is 5.54. The molecule has 1 aromatic heterocycles. The molecular formula is C13H20N4O3. The minimum Gasteiger partial charge on any atom is -0.466 e. The molecule has 0 spiro atoms. The van der Waals surface area contributed by atoms with Crippen LogP contribution < -0.4 is 10.5 Å². The molecule has 1 aliphatic heterocycles. The Kier molecular flexibility index (Phi) is 4.73. The maximum atomic E-state index is 11.7. The van der Waals surface area contributed by atoms with E-state index in [1.165, 1.54) is 6.07 Å². The second-order valence-electron chi connectivity index (χ2n) is 4.83. The highest BCUT2D eigenvalue weighted by molar-refractivity contribution is 5.72. The van der Waals surface area contributed by atoms with Crippen molar-refractivity contribution < 1.29 is 9.53 Å². The summed E-state index contributed by atoms with van der Waals surface area (Å²) in [4.78, 5) is 34.5. The molecule has 110 valence electrons. The van der Waals surface area contributed by atoms with E-state index in [4.69, 9.17) is 4.74 Å². The van der Waals surface area contributed by atoms with Gasteiger partial charge in [-0.05, 0) is 14.0 Å². The van der Waals surface area contributed by atoms with Crippen molar-refractivity contribution >= 4 is 11.9 Å². The second-order valence-corrected chi connectivity index (χ2v) is 4.83. The van der Waals surface area contributed by atoms with E-state index < -0.39 is 0 Å². The molecule has 2 rings (SSSR count). The molecule has 7 heteroatoms. The topological polar surface area (TPSA) is 78.5 Å². The van der Waals surface area contributed by atoms with Gasteiger partial charge in [-0.25, -0.2) is 4.98 Å². The van der Waals surface area contributed by atoms with Gasteiger partial charge in [0.1, 0.15) is 0 Å². The number of nitrogens with zero attached hydrogens (tertiary/aromatic N) is 3. The Hall–Kier alpha value is -1.89. The van der Waals surface area contributed by atoms with Gasteiger partial charge in [-0.15, -0.1) is 0 Å². The molecule has 0 aliphatic carbocycles. The Morgan fingerprint density at radius 3 is 2.75 bits per heavy atom. The maximum absolute atomic E-state index is 11.7. The van der Waals surface area contributed by atoms with Crippen LogP contribution in [0.4, 0.5) is 5.95 Å². The Morgan fingerprint density at radius 2 is 2.10 bits per heavy atom. The number of hydrogen-bond donors (Lipinski definition) is 1. The normalized spacial score (nSPS) is 16.2. The van der Waals surface area contributed by atoms with Crippen molar-refractivity contribution in [1.29, 1.82) is 0 Å². The zero-order valence-electron chi connectivity index (χ0n) is 11.9. The van der Waals surface area contributed by atoms with Gasteiger partial charge < -0.3 is 14.5 Å². The SMILES string of the molecule is CCOC(=O)Cc1cc(=O)[nH]c(N2CCN(C)CC2)n1. The first kappa shape index (κ1) is 14.5. The number of esters is 1. The van der Waals surface area contributed by atoms with Crippen molar-refractivity contribution in [2.75, 3.05) is 44.7 Å². The van der Waals surface area contributed by atoms with E-state index >= 15 is 0 Å². The molecule has 1 N–H and O–H groups in total. The van der Waals surface area contributed by atoms with E-state index in [-0.39, 0.29) is 17.9 Å². The lowest BCUT2D eigenvalue weighted by Crippen LogP contribution is -2.45. The number of hydrogen-bond acceptors (Lipinski definition) is 6. The fraction of sp³-hybridized carbons (Fsp3) is 0.615. The summed E-state index contributed by atoms with van der Waals surface area (Å²) in [6, 6.07) is 1.34. The van der Waals surface area contributed by atoms with E-state index in [0.717, 1.165) is 26.2 Å². The lowest BCUT2D eigenvalue weighted by atomic mass is 10.3. The first-order valence-electron chi connectivity index (χ1n) is 6.78. The Balaban J connectivity index is 2.12. The third-order valence-corrected chi connectivity index (χ3v) is 3.22. The second kappa shape index (κ2) is 6.51. The minimum absolute atomic E-state index is 0.0263. The summed E-state index contributed by atoms with van der Waals surface area (Å²) >= 11 is 0. The summed E-state index contributed by atoms with van der Waals surface area (Å²) in [5.74, 6) is 0.167. The van der Waals surface area contributed by atoms with Gasteiger partial charge in [0.15, 0.2) is 0 Å². The number of H-pyrrole nitrogens is 1. The highest BCUT2D eigenvalue weighted by Gasteiger charge is 2.17. The molecule has 1 saturated heterocycles. The van der Waals surface area contributed by atoms with Crippen molar-refractivity contribution in [1.82, 2.24) is 14.9 Å². The lowest BCUT2D eigenvalue weighted by molar-refractivity contribution is -0.142. The zero-order chi connectivity index (χ0) is 14.5. The van der Waals surface area contributed by atoms with E-state index in [2.05, 4.69) is 21.9 Å². The van der Waals surface area contributed by atoms with Crippen molar-refractivity contribution in [3.63, 3.8) is 0 Å². The van der Waals surface area contributed by atoms with Crippen LogP contribution in [0.5, 0.6) is 0 Å². The molecule has 20 heavy (non-hydrogen) atoms. The largest absolute Gasteiger partial charge is 0.466 e. The van der Waals surface area contributed by atoms with Gasteiger partial charge >= 0.3 is 5.97 Å². The van der Waals surface area contributed by atoms with Gasteiger partial charge in [0.25, 0.3) is 5.56 Å². The Bertz CT molecular complexity index is 521. The first-order valence-corrected chi connectivity index (χ1v) is 6.78. The summed E-state index contributed by atoms with van der Waals surface area (Å²) in [5.41, 5.74) is 0.203. The summed E-state index contributed by atoms with van der Waals surface area (Å²) in [6.07, 6.45) is 0.0263. The molecule has 0 bridgehead atoms. The van der Waals surface area contributed by atoms with Crippen LogP contribution in [0.2, 0.25) is 0 Å². The molecule has 0 aromatic carbocycles. The first-order chi connectivity index (χ1) is 9.58. The summed E-state index contributed by atoms with van der Waals surface area (Å²) in [7, 11) is 2.06. The summed E-state index contributed by atoms with van der Waals surface area (Å²) < 4.78 is 4.87. The molecule has 0 amide bonds. The van der Waals surface area contributed by atoms with Gasteiger partial charge in [-0.1, -0.05) is 0 Å². The standard InChI is InChI=1S/C13H20N4O3/c1-3-20-12(19)9-10-8-11(18)15-13(14-10)17-6-4-16(2)5-7-17/h8H,3-7,9H2,1-2H3,(H,14,15,18). The number of ether oxygens (including phenoxy) is 1. The number of piperazine rings is 1. The van der Waals surface area contributed by atoms with Gasteiger partial charge in [0.05, 0.1) is 18.7 Å². The summed E-state index contributed by atoms with van der Waals surface area (Å²) in [5, 5.41) is 0. The minimum atomic E-state index is -0.366. The quantitative estimate of drug-likeness (QED) is 0.758. The molecule has 0 radical (unpaired) electrons. The lowest BCUT2D eigenvalue weighted by Gasteiger charge is -2.32. The molecule has 1 fully saturated rings. The van der Waals surface area contributed by atoms with Crippen LogP contribution in [0, 0.1) is 0 Å². The van der Waals surface area contributed by atoms with Crippen molar-refractivity contribution in [3.05, 3.63) is 22.1 Å². The highest BCUT2D eigenvalue weighted by Crippen LogP contribution is 2.09. The fourth-order valence-corrected chi connectivity index (χ4v) is 2.11. The molecule has 1 aromatic rings. The van der Waals surface area contributed by atoms with Crippen LogP contribution >= 0.6 is 0 Å². The third kappa shape index (κ3) is 3.80. The predicted molar refractivity (Wildman–Crippen MR) is 74.9 cm³/mol. The Morgan fingerprint density at radius 1 is 1.40 bits per heavy atom. The number of carbonyl (C=O) groups excluding carboxylic acids is 1. The number of anilines is 1. The van der Waals surface area contributed by atoms with Crippen LogP contribution in [0.25, 0.3) is 0 Å². The molecule has 7 nitrogen and oxygen atoms in total. The molecule has 0 unspecified atom stereocenters. The fourth-order valence-electron chi connectivity index (χ4n) is 2.11. The highest BCUT2D eigenvalue weighted by atomic mass is 16.5. The third-order valence-electron chi connectivity index (χ3n) is 3.22. The smallest absolute Gasteiger partial charge is 0.311 e. The van der Waals surface area contributed by atoms with Gasteiger partial charge in [0.2, 0.25) is 5.95 Å². The van der Waals surface area contributed by atoms with Crippen LogP contribution in [-0.4, -0.2) is 60.7 Å². The van der Waals surface area contributed by atoms with Crippen LogP contribution in [0.15, 0.2) is 10.9 Å². The number of aromatic amines is 1. The average molecular weight is 280 g/mol. The Labute approximate surface area is 117 Å². The van der Waals surface area contributed by atoms with Crippen LogP contribution in [0.3, 0.4) is 0 Å². The monoisotopic (exact) mass is 280 g/mol. The number of nitrogens with one attached hydrogen (secondary N) is 1. The number of rotatable bonds is 4. The molecule has 2 heterocycles. The molecular weight excluding hydrogens is 260 g/mol. The number of likely N-dealkylation sites (N-methyl/N-ethyl adjacent to an activating group) is 1. The number of carbonyl (C=O) groups is 1. The van der Waals surface area contributed by atoms with E-state index in [9.17, 15) is 9.59 Å². The van der Waals surface area contributed by atoms with Crippen LogP contribution in [-0.2, 0) is 16.0 Å². The average Bonchev–Trinajstić information content (AvgIpc) is 2.39. The van der Waals surface area contributed by atoms with Gasteiger partial charge in [-0.3, -0.25) is 14.6 Å². The van der Waals surface area contributed by atoms with Gasteiger partial charge in [0, 0.05) is 32.2 Å².